The van der Waals surface area contributed by atoms with E-state index in [1.54, 1.807) is 0 Å². The van der Waals surface area contributed by atoms with Gasteiger partial charge >= 0.3 is 148 Å². The van der Waals surface area contributed by atoms with Crippen LogP contribution in [0.4, 0.5) is 0 Å². The summed E-state index contributed by atoms with van der Waals surface area (Å²) in [6.07, 6.45) is 0. The van der Waals surface area contributed by atoms with Crippen LogP contribution in [0.1, 0.15) is 0 Å². The van der Waals surface area contributed by atoms with Gasteiger partial charge in [0, 0.05) is 0 Å². The van der Waals surface area contributed by atoms with Gasteiger partial charge < -0.3 is 0 Å². The molecule has 0 amide bonds. The van der Waals surface area contributed by atoms with E-state index >= 15 is 0 Å². The van der Waals surface area contributed by atoms with Crippen molar-refractivity contribution in [1.82, 2.24) is 0 Å². The third-order valence-corrected chi connectivity index (χ3v) is 0. The van der Waals surface area contributed by atoms with Gasteiger partial charge in [0.15, 0.2) is 0 Å². The van der Waals surface area contributed by atoms with Gasteiger partial charge in [0.1, 0.15) is 0 Å². The molecule has 0 aromatic rings. The third-order valence-electron chi connectivity index (χ3n) is 0. The number of rotatable bonds is 0. The summed E-state index contributed by atoms with van der Waals surface area (Å²) in [5.74, 6) is 0. The summed E-state index contributed by atoms with van der Waals surface area (Å²) in [6, 6.07) is 0. The average molecular weight is 895 g/mol. The van der Waals surface area contributed by atoms with Crippen molar-refractivity contribution in [1.29, 1.82) is 0 Å². The Kier molecular flexibility index (Phi) is 304000. The zero-order chi connectivity index (χ0) is 0. The molecule has 346 valence electrons. The Morgan fingerprint density at radius 2 is 0.0328 bits per heavy atom. The van der Waals surface area contributed by atoms with Gasteiger partial charge in [0.2, 0.25) is 0 Å². The molecule has 61 heteroatoms. The van der Waals surface area contributed by atoms with Crippen molar-refractivity contribution < 1.29 is 0 Å². The zero-order valence-corrected chi connectivity index (χ0v) is 0. The van der Waals surface area contributed by atoms with Gasteiger partial charge in [0.05, 0.1) is 471 Å². The first-order valence-corrected chi connectivity index (χ1v) is 0. The first-order valence-electron chi connectivity index (χ1n) is 0. The van der Waals surface area contributed by atoms with Crippen molar-refractivity contribution in [3.8, 4) is 0 Å². The van der Waals surface area contributed by atoms with E-state index in [2.05, 4.69) is 0 Å². The van der Waals surface area contributed by atoms with Crippen LogP contribution in [0.25, 0.3) is 0 Å². The van der Waals surface area contributed by atoms with E-state index in [-0.39, 0.29) is 619 Å². The molecule has 0 aliphatic carbocycles. The molecule has 0 saturated carbocycles. The van der Waals surface area contributed by atoms with Gasteiger partial charge in [-0.15, -0.1) is 0 Å². The van der Waals surface area contributed by atoms with Crippen molar-refractivity contribution in [2.24, 2.45) is 0 Å². The van der Waals surface area contributed by atoms with Crippen LogP contribution in [0.2, 0.25) is 0 Å². The Bertz CT molecular complexity index is 25.0. The first kappa shape index (κ1) is 4400. The Morgan fingerprint density at radius 3 is 0.0328 bits per heavy atom. The normalized spacial score (nSPS) is 0. The fourth-order valence-electron chi connectivity index (χ4n) is 0. The molecule has 61 heavy (non-hydrogen) atoms. The van der Waals surface area contributed by atoms with E-state index in [0.29, 0.717) is 0 Å². The molecule has 0 N–H and O–H groups in total. The van der Waals surface area contributed by atoms with Gasteiger partial charge in [-0.3, -0.25) is 0 Å². The maximum absolute atomic E-state index is 0. The molecular formula is H173B56Na5. The predicted molar refractivity (Wildman–Crippen MR) is 592 cm³/mol. The Balaban J connectivity index is 0. The summed E-state index contributed by atoms with van der Waals surface area (Å²) >= 11 is 0. The van der Waals surface area contributed by atoms with E-state index in [9.17, 15) is 0 Å². The maximum atomic E-state index is 0. The second-order valence-electron chi connectivity index (χ2n) is 0. The quantitative estimate of drug-likeness (QED) is 0.213. The van der Waals surface area contributed by atoms with Crippen LogP contribution in [-0.2, 0) is 0 Å². The van der Waals surface area contributed by atoms with Crippen LogP contribution >= 0.6 is 0 Å². The van der Waals surface area contributed by atoms with Gasteiger partial charge in [-0.25, -0.2) is 0 Å². The fraction of sp³-hybridized carbons (Fsp3) is 0. The van der Waals surface area contributed by atoms with Crippen LogP contribution in [0.15, 0.2) is 0 Å². The van der Waals surface area contributed by atoms with Crippen molar-refractivity contribution in [2.75, 3.05) is 0 Å². The second kappa shape index (κ2) is 4210. The standard InChI is InChI=1S/56BH3.5Na.5H/h56*1H3;;;;;;;;;;. The average Bonchev–Trinajstić information content (AvgIpc) is 0. The summed E-state index contributed by atoms with van der Waals surface area (Å²) < 4.78 is 0. The molecule has 0 fully saturated rings. The summed E-state index contributed by atoms with van der Waals surface area (Å²) in [6.45, 7) is 0. The molecule has 0 heterocycles. The van der Waals surface area contributed by atoms with Crippen LogP contribution in [0.5, 0.6) is 0 Å². The van der Waals surface area contributed by atoms with Gasteiger partial charge in [0.25, 0.3) is 0 Å². The van der Waals surface area contributed by atoms with E-state index < -0.39 is 0 Å². The molecule has 0 atom stereocenters. The Hall–Kier alpha value is 8.64. The minimum absolute atomic E-state index is 0. The fourth-order valence-corrected chi connectivity index (χ4v) is 0. The number of hydrogen-bond acceptors (Lipinski definition) is 0. The summed E-state index contributed by atoms with van der Waals surface area (Å²) in [7, 11) is 0. The van der Waals surface area contributed by atoms with Gasteiger partial charge in [-0.05, 0) is 0 Å². The summed E-state index contributed by atoms with van der Waals surface area (Å²) in [5.41, 5.74) is 0. The van der Waals surface area contributed by atoms with E-state index in [1.165, 1.54) is 0 Å². The van der Waals surface area contributed by atoms with Crippen LogP contribution in [-0.4, -0.2) is 619 Å². The third kappa shape index (κ3) is 4090. The topological polar surface area (TPSA) is 0 Å². The molecule has 0 rings (SSSR count). The molecule has 0 saturated heterocycles. The molecule has 0 nitrogen and oxygen atoms in total. The van der Waals surface area contributed by atoms with E-state index in [4.69, 9.17) is 0 Å². The first-order chi connectivity index (χ1) is 0. The van der Waals surface area contributed by atoms with E-state index in [1.807, 2.05) is 0 Å². The molecule has 0 aromatic heterocycles. The van der Waals surface area contributed by atoms with E-state index in [0.717, 1.165) is 0 Å². The monoisotopic (exact) mass is 906 g/mol. The van der Waals surface area contributed by atoms with Gasteiger partial charge in [-0.2, -0.15) is 0 Å². The molecule has 0 aliphatic heterocycles. The van der Waals surface area contributed by atoms with Gasteiger partial charge in [-0.1, -0.05) is 0 Å². The van der Waals surface area contributed by atoms with Crippen molar-refractivity contribution in [3.63, 3.8) is 0 Å². The zero-order valence-electron chi connectivity index (χ0n) is 0. The Morgan fingerprint density at radius 1 is 0.0328 bits per heavy atom. The van der Waals surface area contributed by atoms with Crippen LogP contribution in [0, 0.1) is 0 Å². The van der Waals surface area contributed by atoms with Crippen molar-refractivity contribution in [3.05, 3.63) is 0 Å². The molecule has 0 aromatic carbocycles. The predicted octanol–water partition coefficient (Wildman–Crippen LogP) is -69.5. The molecule has 0 aliphatic rings. The summed E-state index contributed by atoms with van der Waals surface area (Å²) in [4.78, 5) is 0. The summed E-state index contributed by atoms with van der Waals surface area (Å²) in [5, 5.41) is 0. The van der Waals surface area contributed by atoms with Crippen LogP contribution in [0.3, 0.4) is 0 Å². The molecule has 0 radical (unpaired) electrons. The molecule has 0 bridgehead atoms. The number of hydrogen-bond donors (Lipinski definition) is 0. The molecule has 0 spiro atoms. The molecule has 0 unspecified atom stereocenters. The van der Waals surface area contributed by atoms with Crippen molar-refractivity contribution >= 4 is 619 Å². The minimum atomic E-state index is 0. The Labute approximate surface area is 609 Å². The van der Waals surface area contributed by atoms with Crippen molar-refractivity contribution in [2.45, 2.75) is 0 Å². The SMILES string of the molecule is B.B.B.B.B.B.B.B.B.B.B.B.B.B.B.B.B.B.B.B.B.B.B.B.B.B.B.B.B.B.B.B.B.B.B.B.B.B.B.B.B.B.B.B.B.B.B.B.B.B.B.B.B.B.B.B.[NaH].[NaH].[NaH].[NaH].[NaH]. The van der Waals surface area contributed by atoms with Crippen LogP contribution < -0.4 is 0 Å². The second-order valence-corrected chi connectivity index (χ2v) is 0. The molecular weight excluding hydrogens is 720 g/mol.